The minimum absolute atomic E-state index is 0.188. The molecule has 0 aliphatic carbocycles. The average molecular weight is 322 g/mol. The van der Waals surface area contributed by atoms with Gasteiger partial charge < -0.3 is 5.32 Å². The van der Waals surface area contributed by atoms with Crippen LogP contribution in [0.2, 0.25) is 5.02 Å². The molecular formula is C19H16ClN3. The van der Waals surface area contributed by atoms with Gasteiger partial charge in [0.15, 0.2) is 0 Å². The zero-order valence-electron chi connectivity index (χ0n) is 12.8. The minimum Gasteiger partial charge on any atom is -0.366 e. The number of benzene rings is 2. The van der Waals surface area contributed by atoms with Gasteiger partial charge in [0.05, 0.1) is 5.52 Å². The smallest absolute Gasteiger partial charge is 0.137 e. The van der Waals surface area contributed by atoms with Crippen molar-refractivity contribution in [3.63, 3.8) is 0 Å². The van der Waals surface area contributed by atoms with Gasteiger partial charge in [-0.3, -0.25) is 0 Å². The summed E-state index contributed by atoms with van der Waals surface area (Å²) in [7, 11) is 0. The molecule has 0 fully saturated rings. The van der Waals surface area contributed by atoms with Crippen molar-refractivity contribution in [2.75, 3.05) is 5.32 Å². The van der Waals surface area contributed by atoms with Crippen LogP contribution in [0, 0.1) is 11.8 Å². The molecule has 0 amide bonds. The van der Waals surface area contributed by atoms with Crippen LogP contribution in [-0.4, -0.2) is 16.0 Å². The lowest BCUT2D eigenvalue weighted by molar-refractivity contribution is 0.822. The number of nitrogens with one attached hydrogen (secondary N) is 1. The minimum atomic E-state index is 0.188. The Morgan fingerprint density at radius 2 is 1.87 bits per heavy atom. The fraction of sp³-hybridized carbons (Fsp3) is 0.158. The number of para-hydroxylation sites is 1. The third-order valence-corrected chi connectivity index (χ3v) is 3.66. The molecule has 1 atom stereocenters. The maximum Gasteiger partial charge on any atom is 0.137 e. The number of halogens is 1. The Labute approximate surface area is 140 Å². The van der Waals surface area contributed by atoms with Crippen molar-refractivity contribution in [2.45, 2.75) is 19.4 Å². The standard InChI is InChI=1S/C19H16ClN3/c1-14(5-4-6-15-9-11-16(20)12-10-15)23-19-17-7-2-3-8-18(17)21-13-22-19/h2-3,7-14H,5H2,1H3,(H,21,22,23). The first-order valence-electron chi connectivity index (χ1n) is 7.43. The summed E-state index contributed by atoms with van der Waals surface area (Å²) in [6.45, 7) is 2.09. The van der Waals surface area contributed by atoms with E-state index < -0.39 is 0 Å². The Morgan fingerprint density at radius 3 is 2.70 bits per heavy atom. The van der Waals surface area contributed by atoms with Crippen molar-refractivity contribution in [2.24, 2.45) is 0 Å². The van der Waals surface area contributed by atoms with Crippen molar-refractivity contribution >= 4 is 28.3 Å². The zero-order chi connectivity index (χ0) is 16.1. The SMILES string of the molecule is CC(CC#Cc1ccc(Cl)cc1)Nc1ncnc2ccccc12. The first kappa shape index (κ1) is 15.3. The molecule has 1 aromatic heterocycles. The number of fused-ring (bicyclic) bond motifs is 1. The van der Waals surface area contributed by atoms with Crippen LogP contribution in [0.15, 0.2) is 54.9 Å². The monoisotopic (exact) mass is 321 g/mol. The number of nitrogens with zero attached hydrogens (tertiary/aromatic N) is 2. The number of hydrogen-bond acceptors (Lipinski definition) is 3. The summed E-state index contributed by atoms with van der Waals surface area (Å²) in [6, 6.07) is 15.7. The second kappa shape index (κ2) is 7.13. The zero-order valence-corrected chi connectivity index (χ0v) is 13.5. The van der Waals surface area contributed by atoms with Gasteiger partial charge >= 0.3 is 0 Å². The molecule has 1 heterocycles. The maximum atomic E-state index is 5.86. The van der Waals surface area contributed by atoms with Crippen LogP contribution in [0.4, 0.5) is 5.82 Å². The Bertz CT molecular complexity index is 858. The molecule has 0 aliphatic rings. The third kappa shape index (κ3) is 4.00. The van der Waals surface area contributed by atoms with Gasteiger partial charge in [-0.05, 0) is 43.3 Å². The first-order chi connectivity index (χ1) is 11.2. The van der Waals surface area contributed by atoms with Crippen LogP contribution < -0.4 is 5.32 Å². The Balaban J connectivity index is 1.67. The summed E-state index contributed by atoms with van der Waals surface area (Å²) in [5.74, 6) is 7.18. The average Bonchev–Trinajstić information content (AvgIpc) is 2.57. The van der Waals surface area contributed by atoms with Gasteiger partial charge in [0.1, 0.15) is 12.1 Å². The highest BCUT2D eigenvalue weighted by Crippen LogP contribution is 2.19. The molecule has 0 spiro atoms. The molecule has 3 rings (SSSR count). The third-order valence-electron chi connectivity index (χ3n) is 3.41. The second-order valence-corrected chi connectivity index (χ2v) is 5.73. The topological polar surface area (TPSA) is 37.8 Å². The van der Waals surface area contributed by atoms with Gasteiger partial charge in [-0.15, -0.1) is 0 Å². The molecule has 2 aromatic carbocycles. The fourth-order valence-electron chi connectivity index (χ4n) is 2.24. The summed E-state index contributed by atoms with van der Waals surface area (Å²) in [5, 5.41) is 5.15. The lowest BCUT2D eigenvalue weighted by Crippen LogP contribution is -2.15. The van der Waals surface area contributed by atoms with Gasteiger partial charge in [-0.2, -0.15) is 0 Å². The van der Waals surface area contributed by atoms with Crippen LogP contribution in [-0.2, 0) is 0 Å². The first-order valence-corrected chi connectivity index (χ1v) is 7.81. The van der Waals surface area contributed by atoms with E-state index >= 15 is 0 Å². The van der Waals surface area contributed by atoms with Crippen molar-refractivity contribution in [1.29, 1.82) is 0 Å². The molecule has 1 unspecified atom stereocenters. The van der Waals surface area contributed by atoms with E-state index in [0.29, 0.717) is 0 Å². The molecule has 3 nitrogen and oxygen atoms in total. The molecule has 114 valence electrons. The van der Waals surface area contributed by atoms with Gasteiger partial charge in [0, 0.05) is 28.4 Å². The summed E-state index contributed by atoms with van der Waals surface area (Å²) < 4.78 is 0. The van der Waals surface area contributed by atoms with Crippen molar-refractivity contribution < 1.29 is 0 Å². The molecule has 0 bridgehead atoms. The van der Waals surface area contributed by atoms with Gasteiger partial charge in [0.2, 0.25) is 0 Å². The lowest BCUT2D eigenvalue weighted by Gasteiger charge is -2.13. The normalized spacial score (nSPS) is 11.6. The summed E-state index contributed by atoms with van der Waals surface area (Å²) in [4.78, 5) is 8.61. The quantitative estimate of drug-likeness (QED) is 0.720. The molecule has 0 saturated carbocycles. The van der Waals surface area contributed by atoms with E-state index in [9.17, 15) is 0 Å². The van der Waals surface area contributed by atoms with Crippen LogP contribution in [0.25, 0.3) is 10.9 Å². The Hall–Kier alpha value is -2.57. The predicted octanol–water partition coefficient (Wildman–Crippen LogP) is 4.53. The summed E-state index contributed by atoms with van der Waals surface area (Å²) in [6.07, 6.45) is 2.30. The van der Waals surface area contributed by atoms with E-state index in [1.54, 1.807) is 6.33 Å². The van der Waals surface area contributed by atoms with Crippen LogP contribution in [0.5, 0.6) is 0 Å². The van der Waals surface area contributed by atoms with Crippen molar-refractivity contribution in [3.05, 3.63) is 65.4 Å². The van der Waals surface area contributed by atoms with Gasteiger partial charge in [-0.1, -0.05) is 35.6 Å². The molecule has 4 heteroatoms. The highest BCUT2D eigenvalue weighted by molar-refractivity contribution is 6.30. The highest BCUT2D eigenvalue weighted by Gasteiger charge is 2.05. The van der Waals surface area contributed by atoms with E-state index in [1.165, 1.54) is 0 Å². The van der Waals surface area contributed by atoms with Gasteiger partial charge in [0.25, 0.3) is 0 Å². The van der Waals surface area contributed by atoms with Crippen LogP contribution in [0.3, 0.4) is 0 Å². The van der Waals surface area contributed by atoms with E-state index in [1.807, 2.05) is 48.5 Å². The number of hydrogen-bond donors (Lipinski definition) is 1. The molecule has 0 saturated heterocycles. The highest BCUT2D eigenvalue weighted by atomic mass is 35.5. The molecular weight excluding hydrogens is 306 g/mol. The van der Waals surface area contributed by atoms with E-state index in [4.69, 9.17) is 11.6 Å². The fourth-order valence-corrected chi connectivity index (χ4v) is 2.37. The van der Waals surface area contributed by atoms with Crippen LogP contribution >= 0.6 is 11.6 Å². The van der Waals surface area contributed by atoms with Crippen LogP contribution in [0.1, 0.15) is 18.9 Å². The van der Waals surface area contributed by atoms with Crippen molar-refractivity contribution in [1.82, 2.24) is 9.97 Å². The lowest BCUT2D eigenvalue weighted by atomic mass is 10.2. The summed E-state index contributed by atoms with van der Waals surface area (Å²) >= 11 is 5.86. The largest absolute Gasteiger partial charge is 0.366 e. The molecule has 0 aliphatic heterocycles. The Morgan fingerprint density at radius 1 is 1.09 bits per heavy atom. The molecule has 23 heavy (non-hydrogen) atoms. The number of aromatic nitrogens is 2. The molecule has 0 radical (unpaired) electrons. The maximum absolute atomic E-state index is 5.86. The second-order valence-electron chi connectivity index (χ2n) is 5.30. The van der Waals surface area contributed by atoms with Gasteiger partial charge in [-0.25, -0.2) is 9.97 Å². The van der Waals surface area contributed by atoms with E-state index in [-0.39, 0.29) is 6.04 Å². The predicted molar refractivity (Wildman–Crippen MR) is 95.6 cm³/mol. The number of anilines is 1. The summed E-state index contributed by atoms with van der Waals surface area (Å²) in [5.41, 5.74) is 1.90. The molecule has 3 aromatic rings. The van der Waals surface area contributed by atoms with Crippen molar-refractivity contribution in [3.8, 4) is 11.8 Å². The van der Waals surface area contributed by atoms with E-state index in [0.717, 1.165) is 33.7 Å². The molecule has 1 N–H and O–H groups in total. The Kier molecular flexibility index (Phi) is 4.75. The van der Waals surface area contributed by atoms with E-state index in [2.05, 4.69) is 34.0 Å². The number of rotatable bonds is 3.